The van der Waals surface area contributed by atoms with Gasteiger partial charge in [-0.15, -0.1) is 0 Å². The number of carbonyl (C=O) groups is 5. The molecule has 1 spiro atoms. The maximum Gasteiger partial charge on any atom is 0.325 e. The number of fused-ring (bicyclic) bond motifs is 9. The number of amides is 4. The molecule has 388 valence electrons. The van der Waals surface area contributed by atoms with Gasteiger partial charge in [-0.3, -0.25) is 38.9 Å². The van der Waals surface area contributed by atoms with Crippen LogP contribution < -0.4 is 10.7 Å². The van der Waals surface area contributed by atoms with Crippen LogP contribution in [0, 0.1) is 34.5 Å². The number of hydrogen-bond donors (Lipinski definition) is 3. The van der Waals surface area contributed by atoms with E-state index in [1.54, 1.807) is 37.4 Å². The number of aromatic nitrogens is 2. The molecule has 6 bridgehead atoms. The zero-order chi connectivity index (χ0) is 52.1. The molecule has 2 aromatic carbocycles. The average molecular weight is 997 g/mol. The van der Waals surface area contributed by atoms with Crippen LogP contribution in [0.25, 0.3) is 33.3 Å². The van der Waals surface area contributed by atoms with Crippen molar-refractivity contribution >= 4 is 40.5 Å². The number of phenolic OH excluding ortho intramolecular Hbond substituents is 1. The third-order valence-electron chi connectivity index (χ3n) is 16.4. The van der Waals surface area contributed by atoms with E-state index in [1.807, 2.05) is 51.0 Å². The highest BCUT2D eigenvalue weighted by atomic mass is 16.5. The predicted molar refractivity (Wildman–Crippen MR) is 277 cm³/mol. The van der Waals surface area contributed by atoms with Gasteiger partial charge < -0.3 is 34.3 Å². The van der Waals surface area contributed by atoms with Crippen molar-refractivity contribution in [3.8, 4) is 40.0 Å². The molecule has 5 heterocycles. The summed E-state index contributed by atoms with van der Waals surface area (Å²) < 4.78 is 15.3. The van der Waals surface area contributed by atoms with E-state index < -0.39 is 58.8 Å². The average Bonchev–Trinajstić information content (AvgIpc) is 4.13. The third kappa shape index (κ3) is 9.72. The summed E-state index contributed by atoms with van der Waals surface area (Å²) in [7, 11) is 7.04. The molecule has 9 rings (SSSR count). The van der Waals surface area contributed by atoms with Gasteiger partial charge in [-0.25, -0.2) is 5.43 Å². The lowest BCUT2D eigenvalue weighted by Crippen LogP contribution is -2.66. The second kappa shape index (κ2) is 20.6. The number of rotatable bonds is 8. The molecule has 2 aromatic heterocycles. The van der Waals surface area contributed by atoms with Crippen molar-refractivity contribution in [2.75, 3.05) is 61.0 Å². The molecule has 5 aliphatic rings. The van der Waals surface area contributed by atoms with Crippen LogP contribution in [0.5, 0.6) is 5.75 Å². The summed E-state index contributed by atoms with van der Waals surface area (Å²) in [6.45, 7) is 12.1. The Bertz CT molecular complexity index is 2870. The molecule has 3 aliphatic heterocycles. The van der Waals surface area contributed by atoms with Gasteiger partial charge >= 0.3 is 5.97 Å². The Hall–Kier alpha value is -6.28. The smallest absolute Gasteiger partial charge is 0.325 e. The first kappa shape index (κ1) is 51.6. The molecular weight excluding hydrogens is 925 g/mol. The molecule has 0 radical (unpaired) electrons. The number of carbonyl (C=O) groups excluding carboxylic acids is 5. The number of methoxy groups -OCH3 is 1. The van der Waals surface area contributed by atoms with Crippen molar-refractivity contribution in [1.29, 1.82) is 0 Å². The van der Waals surface area contributed by atoms with Gasteiger partial charge in [0.15, 0.2) is 0 Å². The first-order valence-electron chi connectivity index (χ1n) is 26.1. The summed E-state index contributed by atoms with van der Waals surface area (Å²) in [5.74, 6) is 2.29. The zero-order valence-corrected chi connectivity index (χ0v) is 43.9. The largest absolute Gasteiger partial charge is 0.508 e. The summed E-state index contributed by atoms with van der Waals surface area (Å²) in [5, 5.41) is 17.0. The number of phenols is 1. The number of ether oxygens (including phenoxy) is 2. The summed E-state index contributed by atoms with van der Waals surface area (Å²) in [5.41, 5.74) is 9.31. The van der Waals surface area contributed by atoms with Crippen LogP contribution in [0.1, 0.15) is 102 Å². The summed E-state index contributed by atoms with van der Waals surface area (Å²) in [4.78, 5) is 81.9. The molecule has 4 amide bonds. The molecule has 6 atom stereocenters. The van der Waals surface area contributed by atoms with Crippen LogP contribution in [0.4, 0.5) is 0 Å². The monoisotopic (exact) mass is 997 g/mol. The molecule has 16 heteroatoms. The normalized spacial score (nSPS) is 23.7. The minimum Gasteiger partial charge on any atom is -0.508 e. The lowest BCUT2D eigenvalue weighted by Gasteiger charge is -2.46. The Morgan fingerprint density at radius 3 is 2.51 bits per heavy atom. The number of likely N-dealkylation sites (N-methyl/N-ethyl adjacent to an activating group) is 1. The number of aromatic hydroxyl groups is 1. The number of hydrogen-bond acceptors (Lipinski definition) is 11. The Labute approximate surface area is 429 Å². The maximum atomic E-state index is 15.2. The fourth-order valence-corrected chi connectivity index (χ4v) is 12.7. The lowest BCUT2D eigenvalue weighted by molar-refractivity contribution is -0.164. The third-order valence-corrected chi connectivity index (χ3v) is 16.4. The Kier molecular flexibility index (Phi) is 14.5. The molecule has 1 saturated carbocycles. The highest BCUT2D eigenvalue weighted by molar-refractivity contribution is 5.98. The molecule has 4 aromatic rings. The van der Waals surface area contributed by atoms with Gasteiger partial charge in [-0.05, 0) is 123 Å². The zero-order valence-electron chi connectivity index (χ0n) is 43.9. The Morgan fingerprint density at radius 1 is 1.03 bits per heavy atom. The van der Waals surface area contributed by atoms with Crippen molar-refractivity contribution in [2.45, 2.75) is 116 Å². The first-order valence-corrected chi connectivity index (χ1v) is 26.1. The summed E-state index contributed by atoms with van der Waals surface area (Å²) in [6, 6.07) is 12.6. The van der Waals surface area contributed by atoms with E-state index in [-0.39, 0.29) is 55.5 Å². The number of hydrazine groups is 1. The number of pyridine rings is 1. The Balaban J connectivity index is 1.11. The van der Waals surface area contributed by atoms with E-state index in [0.29, 0.717) is 38.0 Å². The summed E-state index contributed by atoms with van der Waals surface area (Å²) in [6.07, 6.45) is 5.78. The second-order valence-corrected chi connectivity index (χ2v) is 22.3. The van der Waals surface area contributed by atoms with Crippen LogP contribution in [0.15, 0.2) is 54.7 Å². The number of benzene rings is 2. The van der Waals surface area contributed by atoms with Crippen molar-refractivity contribution < 1.29 is 38.6 Å². The number of nitrogens with zero attached hydrogens (tertiary/aromatic N) is 6. The number of esters is 1. The van der Waals surface area contributed by atoms with E-state index in [4.69, 9.17) is 14.5 Å². The second-order valence-electron chi connectivity index (χ2n) is 22.3. The molecule has 1 unspecified atom stereocenters. The van der Waals surface area contributed by atoms with Crippen molar-refractivity contribution in [3.05, 3.63) is 71.5 Å². The molecule has 3 fully saturated rings. The van der Waals surface area contributed by atoms with Crippen LogP contribution >= 0.6 is 0 Å². The summed E-state index contributed by atoms with van der Waals surface area (Å²) >= 11 is 0. The van der Waals surface area contributed by atoms with Crippen LogP contribution in [0.2, 0.25) is 0 Å². The van der Waals surface area contributed by atoms with E-state index in [0.717, 1.165) is 70.2 Å². The standard InChI is InChI=1S/C57H72N8O8/c1-10-64-43-18-17-36-31-41(43)45-46(50(72-9)47-40(49(45)64)15-13-23-58-47)56(4,5)33-73-55(71)51-57(20-11-12-21-57)22-26-65(60-51)54(70)42(29-35-27-38(36)30-39(66)28-35)59-52(68)48(34(2)3)62(8)53(69)37-19-25-63(32-37)44(67)16-14-24-61(6)7/h13,15,17-18,23,27-28,30-31,34,37,42,46,48,50-51,60,66H,10-12,19-22,24-26,29,32-33H2,1-9H3,(H,59,68)/t37-,42-,46?,48-,50-,51+/m0/s1. The van der Waals surface area contributed by atoms with Crippen LogP contribution in [-0.2, 0) is 46.4 Å². The van der Waals surface area contributed by atoms with E-state index >= 15 is 4.79 Å². The van der Waals surface area contributed by atoms with Gasteiger partial charge in [0.1, 0.15) is 30.0 Å². The quantitative estimate of drug-likeness (QED) is 0.138. The van der Waals surface area contributed by atoms with Crippen molar-refractivity contribution in [2.24, 2.45) is 22.7 Å². The fraction of sp³-hybridized carbons (Fsp3) is 0.544. The van der Waals surface area contributed by atoms with Crippen LogP contribution in [-0.4, -0.2) is 143 Å². The first-order chi connectivity index (χ1) is 34.9. The van der Waals surface area contributed by atoms with Crippen LogP contribution in [0.3, 0.4) is 0 Å². The minimum absolute atomic E-state index is 0.00798. The number of cyclic esters (lactones) is 1. The lowest BCUT2D eigenvalue weighted by atomic mass is 9.67. The Morgan fingerprint density at radius 2 is 1.79 bits per heavy atom. The number of aryl methyl sites for hydroxylation is 1. The van der Waals surface area contributed by atoms with Gasteiger partial charge in [-0.2, -0.15) is 0 Å². The highest BCUT2D eigenvalue weighted by Crippen LogP contribution is 2.57. The fourth-order valence-electron chi connectivity index (χ4n) is 12.7. The van der Waals surface area contributed by atoms with Gasteiger partial charge in [-0.1, -0.05) is 58.6 Å². The topological polar surface area (TPSA) is 179 Å². The molecule has 73 heavy (non-hydrogen) atoms. The molecule has 2 saturated heterocycles. The van der Waals surface area contributed by atoms with Crippen molar-refractivity contribution in [1.82, 2.24) is 40.0 Å². The van der Waals surface area contributed by atoms with E-state index in [2.05, 4.69) is 66.1 Å². The maximum absolute atomic E-state index is 15.2. The molecule has 2 aliphatic carbocycles. The highest BCUT2D eigenvalue weighted by Gasteiger charge is 2.52. The van der Waals surface area contributed by atoms with E-state index in [9.17, 15) is 24.3 Å². The number of nitrogens with one attached hydrogen (secondary N) is 2. The van der Waals surface area contributed by atoms with Gasteiger partial charge in [0.2, 0.25) is 11.8 Å². The molecular formula is C57H72N8O8. The van der Waals surface area contributed by atoms with E-state index in [1.165, 1.54) is 9.91 Å². The van der Waals surface area contributed by atoms with Gasteiger partial charge in [0.05, 0.1) is 30.5 Å². The molecule has 16 nitrogen and oxygen atoms in total. The SMILES string of the molecule is CCn1c2c3c4cc(ccc41)-c1cc(O)cc(c1)C[C@H](NC(=O)[C@H](C(C)C)N(C)C(=O)[C@H]1CCN(C(=O)C#CCN(C)C)C1)C(=O)N1CCC4(CCCC4)[C@H](N1)C(=O)OCC(C)(C)C3[C@H](OC)c1ncccc1-2. The van der Waals surface area contributed by atoms with Gasteiger partial charge in [0.25, 0.3) is 11.8 Å². The van der Waals surface area contributed by atoms with Crippen molar-refractivity contribution in [3.63, 3.8) is 0 Å². The molecule has 3 N–H and O–H groups in total. The number of likely N-dealkylation sites (tertiary alicyclic amines) is 1. The van der Waals surface area contributed by atoms with Gasteiger partial charge in [0, 0.05) is 80.8 Å². The minimum atomic E-state index is -1.18. The predicted octanol–water partition coefficient (Wildman–Crippen LogP) is 6.05.